The highest BCUT2D eigenvalue weighted by molar-refractivity contribution is 8.00. The van der Waals surface area contributed by atoms with E-state index in [1.807, 2.05) is 22.9 Å². The summed E-state index contributed by atoms with van der Waals surface area (Å²) in [7, 11) is 0. The first-order valence-corrected chi connectivity index (χ1v) is 10.9. The minimum Gasteiger partial charge on any atom is -0.307 e. The Morgan fingerprint density at radius 1 is 1.21 bits per heavy atom. The summed E-state index contributed by atoms with van der Waals surface area (Å²) in [5.74, 6) is 0.109. The van der Waals surface area contributed by atoms with E-state index in [-0.39, 0.29) is 24.1 Å². The zero-order chi connectivity index (χ0) is 20.4. The van der Waals surface area contributed by atoms with Crippen molar-refractivity contribution in [1.29, 1.82) is 0 Å². The van der Waals surface area contributed by atoms with Gasteiger partial charge in [-0.3, -0.25) is 19.3 Å². The third kappa shape index (κ3) is 3.94. The topological polar surface area (TPSA) is 84.3 Å². The van der Waals surface area contributed by atoms with Gasteiger partial charge in [-0.05, 0) is 31.9 Å². The summed E-state index contributed by atoms with van der Waals surface area (Å²) in [5.41, 5.74) is 0.492. The number of hydrogen-bond donors (Lipinski definition) is 1. The Morgan fingerprint density at radius 2 is 1.97 bits per heavy atom. The largest absolute Gasteiger partial charge is 0.307 e. The highest BCUT2D eigenvalue weighted by Gasteiger charge is 2.38. The van der Waals surface area contributed by atoms with Gasteiger partial charge in [-0.25, -0.2) is 4.68 Å². The Bertz CT molecular complexity index is 936. The monoisotopic (exact) mass is 412 g/mol. The number of imide groups is 1. The van der Waals surface area contributed by atoms with Crippen LogP contribution in [0.4, 0.5) is 5.82 Å². The number of nitrogens with zero attached hydrogens (tertiary/aromatic N) is 3. The number of anilines is 1. The van der Waals surface area contributed by atoms with Gasteiger partial charge >= 0.3 is 0 Å². The van der Waals surface area contributed by atoms with Crippen molar-refractivity contribution in [2.75, 3.05) is 11.9 Å². The van der Waals surface area contributed by atoms with Crippen LogP contribution in [-0.4, -0.2) is 44.2 Å². The molecule has 1 saturated carbocycles. The van der Waals surface area contributed by atoms with Crippen molar-refractivity contribution in [3.63, 3.8) is 0 Å². The molecule has 1 saturated heterocycles. The maximum atomic E-state index is 13.0. The van der Waals surface area contributed by atoms with Gasteiger partial charge in [-0.2, -0.15) is 5.10 Å². The molecule has 2 heterocycles. The molecule has 152 valence electrons. The summed E-state index contributed by atoms with van der Waals surface area (Å²) in [4.78, 5) is 39.5. The Labute approximate surface area is 173 Å². The molecule has 29 heavy (non-hydrogen) atoms. The summed E-state index contributed by atoms with van der Waals surface area (Å²) in [6, 6.07) is 9.33. The van der Waals surface area contributed by atoms with Gasteiger partial charge in [0.05, 0.1) is 23.1 Å². The molecule has 1 aliphatic heterocycles. The van der Waals surface area contributed by atoms with Crippen LogP contribution in [0.1, 0.15) is 55.4 Å². The van der Waals surface area contributed by atoms with Gasteiger partial charge in [-0.15, -0.1) is 11.8 Å². The van der Waals surface area contributed by atoms with Gasteiger partial charge < -0.3 is 5.32 Å². The lowest BCUT2D eigenvalue weighted by Gasteiger charge is -2.16. The number of hydrogen-bond acceptors (Lipinski definition) is 5. The van der Waals surface area contributed by atoms with Crippen LogP contribution in [0.3, 0.4) is 0 Å². The second-order valence-corrected chi connectivity index (χ2v) is 8.58. The van der Waals surface area contributed by atoms with Gasteiger partial charge in [0.15, 0.2) is 0 Å². The summed E-state index contributed by atoms with van der Waals surface area (Å²) in [6.45, 7) is 2.17. The van der Waals surface area contributed by atoms with Crippen LogP contribution in [0, 0.1) is 0 Å². The number of rotatable bonds is 6. The van der Waals surface area contributed by atoms with Crippen LogP contribution in [0.5, 0.6) is 0 Å². The van der Waals surface area contributed by atoms with Crippen molar-refractivity contribution in [3.8, 4) is 0 Å². The fraction of sp³-hybridized carbons (Fsp3) is 0.429. The first-order chi connectivity index (χ1) is 14.1. The number of aromatic nitrogens is 2. The molecule has 2 aromatic rings. The van der Waals surface area contributed by atoms with Crippen LogP contribution in [0.25, 0.3) is 0 Å². The van der Waals surface area contributed by atoms with Crippen molar-refractivity contribution in [2.45, 2.75) is 55.2 Å². The van der Waals surface area contributed by atoms with Crippen LogP contribution in [0.2, 0.25) is 0 Å². The van der Waals surface area contributed by atoms with Gasteiger partial charge in [0.1, 0.15) is 5.82 Å². The SMILES string of the molecule is CCN1C(=O)CC(Sc2ccccc2C(=O)Nc2ccnn2C2CCCC2)C1=O. The molecule has 1 aliphatic carbocycles. The molecule has 0 spiro atoms. The molecule has 1 aromatic heterocycles. The third-order valence-corrected chi connectivity index (χ3v) is 6.76. The number of nitrogens with one attached hydrogen (secondary N) is 1. The van der Waals surface area contributed by atoms with E-state index in [2.05, 4.69) is 10.4 Å². The number of thioether (sulfide) groups is 1. The average molecular weight is 413 g/mol. The Kier molecular flexibility index (Phi) is 5.71. The molecule has 3 amide bonds. The maximum absolute atomic E-state index is 13.0. The molecule has 4 rings (SSSR count). The lowest BCUT2D eigenvalue weighted by atomic mass is 10.2. The molecule has 0 radical (unpaired) electrons. The van der Waals surface area contributed by atoms with E-state index in [9.17, 15) is 14.4 Å². The molecular weight excluding hydrogens is 388 g/mol. The van der Waals surface area contributed by atoms with Crippen molar-refractivity contribution in [1.82, 2.24) is 14.7 Å². The predicted octanol–water partition coefficient (Wildman–Crippen LogP) is 3.49. The summed E-state index contributed by atoms with van der Waals surface area (Å²) < 4.78 is 1.90. The van der Waals surface area contributed by atoms with Gasteiger partial charge in [0, 0.05) is 23.9 Å². The van der Waals surface area contributed by atoms with E-state index in [1.165, 1.54) is 29.5 Å². The highest BCUT2D eigenvalue weighted by Crippen LogP contribution is 2.34. The number of likely N-dealkylation sites (tertiary alicyclic amines) is 1. The Balaban J connectivity index is 1.51. The van der Waals surface area contributed by atoms with Crippen LogP contribution >= 0.6 is 11.8 Å². The van der Waals surface area contributed by atoms with Gasteiger partial charge in [-0.1, -0.05) is 25.0 Å². The second kappa shape index (κ2) is 8.41. The quantitative estimate of drug-likeness (QED) is 0.734. The summed E-state index contributed by atoms with van der Waals surface area (Å²) in [6.07, 6.45) is 6.38. The third-order valence-electron chi connectivity index (χ3n) is 5.50. The standard InChI is InChI=1S/C21H24N4O3S/c1-2-24-19(26)13-17(21(24)28)29-16-10-6-5-9-15(16)20(27)23-18-11-12-22-25(18)14-7-3-4-8-14/h5-6,9-12,14,17H,2-4,7-8,13H2,1H3,(H,23,27). The first kappa shape index (κ1) is 19.7. The van der Waals surface area contributed by atoms with E-state index in [1.54, 1.807) is 25.3 Å². The zero-order valence-corrected chi connectivity index (χ0v) is 17.2. The fourth-order valence-corrected chi connectivity index (χ4v) is 5.23. The minimum atomic E-state index is -0.486. The fourth-order valence-electron chi connectivity index (χ4n) is 4.02. The maximum Gasteiger partial charge on any atom is 0.257 e. The van der Waals surface area contributed by atoms with Crippen molar-refractivity contribution in [3.05, 3.63) is 42.1 Å². The zero-order valence-electron chi connectivity index (χ0n) is 16.3. The number of amides is 3. The van der Waals surface area contributed by atoms with E-state index in [0.29, 0.717) is 28.9 Å². The predicted molar refractivity (Wildman–Crippen MR) is 111 cm³/mol. The van der Waals surface area contributed by atoms with Crippen LogP contribution in [-0.2, 0) is 9.59 Å². The molecule has 2 fully saturated rings. The molecule has 8 heteroatoms. The van der Waals surface area contributed by atoms with E-state index in [0.717, 1.165) is 12.8 Å². The Hall–Kier alpha value is -2.61. The van der Waals surface area contributed by atoms with Gasteiger partial charge in [0.2, 0.25) is 11.8 Å². The molecular formula is C21H24N4O3S. The highest BCUT2D eigenvalue weighted by atomic mass is 32.2. The second-order valence-electron chi connectivity index (χ2n) is 7.34. The van der Waals surface area contributed by atoms with Gasteiger partial charge in [0.25, 0.3) is 5.91 Å². The van der Waals surface area contributed by atoms with E-state index < -0.39 is 5.25 Å². The normalized spacial score (nSPS) is 19.9. The molecule has 7 nitrogen and oxygen atoms in total. The van der Waals surface area contributed by atoms with Crippen molar-refractivity contribution >= 4 is 35.3 Å². The van der Waals surface area contributed by atoms with E-state index in [4.69, 9.17) is 0 Å². The smallest absolute Gasteiger partial charge is 0.257 e. The van der Waals surface area contributed by atoms with Crippen LogP contribution < -0.4 is 5.32 Å². The van der Waals surface area contributed by atoms with Crippen LogP contribution in [0.15, 0.2) is 41.4 Å². The molecule has 1 unspecified atom stereocenters. The molecule has 1 atom stereocenters. The summed E-state index contributed by atoms with van der Waals surface area (Å²) >= 11 is 1.28. The molecule has 1 aromatic carbocycles. The van der Waals surface area contributed by atoms with Crippen molar-refractivity contribution in [2.24, 2.45) is 0 Å². The van der Waals surface area contributed by atoms with E-state index >= 15 is 0 Å². The number of carbonyl (C=O) groups excluding carboxylic acids is 3. The lowest BCUT2D eigenvalue weighted by molar-refractivity contribution is -0.137. The lowest BCUT2D eigenvalue weighted by Crippen LogP contribution is -2.30. The minimum absolute atomic E-state index is 0.155. The number of carbonyl (C=O) groups is 3. The molecule has 1 N–H and O–H groups in total. The van der Waals surface area contributed by atoms with Crippen molar-refractivity contribution < 1.29 is 14.4 Å². The number of benzene rings is 1. The molecule has 2 aliphatic rings. The molecule has 0 bridgehead atoms. The Morgan fingerprint density at radius 3 is 2.69 bits per heavy atom. The summed E-state index contributed by atoms with van der Waals surface area (Å²) in [5, 5.41) is 6.88. The first-order valence-electron chi connectivity index (χ1n) is 10.0. The average Bonchev–Trinajstić information content (AvgIpc) is 3.44.